The van der Waals surface area contributed by atoms with Crippen LogP contribution in [0.15, 0.2) is 134 Å². The molecule has 0 saturated heterocycles. The summed E-state index contributed by atoms with van der Waals surface area (Å²) >= 11 is 0. The number of ether oxygens (including phenoxy) is 3. The normalized spacial score (nSPS) is 13.2. The van der Waals surface area contributed by atoms with Crippen molar-refractivity contribution in [1.82, 2.24) is 0 Å². The zero-order valence-corrected chi connectivity index (χ0v) is 41.4. The minimum absolute atomic E-state index is 0.118. The van der Waals surface area contributed by atoms with Crippen molar-refractivity contribution >= 4 is 17.9 Å². The molecule has 0 aromatic heterocycles. The molecule has 0 saturated carbocycles. The van der Waals surface area contributed by atoms with E-state index >= 15 is 0 Å². The minimum Gasteiger partial charge on any atom is -0.462 e. The third-order valence-corrected chi connectivity index (χ3v) is 10.1. The van der Waals surface area contributed by atoms with Crippen molar-refractivity contribution in [3.8, 4) is 0 Å². The molecular formula is C59H92O6. The van der Waals surface area contributed by atoms with Gasteiger partial charge in [-0.1, -0.05) is 193 Å². The van der Waals surface area contributed by atoms with Crippen LogP contribution >= 0.6 is 0 Å². The van der Waals surface area contributed by atoms with Crippen LogP contribution in [0.5, 0.6) is 0 Å². The average Bonchev–Trinajstić information content (AvgIpc) is 3.30. The second-order valence-electron chi connectivity index (χ2n) is 16.3. The Kier molecular flexibility index (Phi) is 48.6. The van der Waals surface area contributed by atoms with E-state index in [-0.39, 0.29) is 44.0 Å². The van der Waals surface area contributed by atoms with Gasteiger partial charge in [0, 0.05) is 19.3 Å². The molecule has 6 nitrogen and oxygen atoms in total. The van der Waals surface area contributed by atoms with E-state index in [2.05, 4.69) is 154 Å². The molecule has 0 aromatic rings. The maximum absolute atomic E-state index is 12.8. The summed E-state index contributed by atoms with van der Waals surface area (Å²) in [6, 6.07) is 0. The Balaban J connectivity index is 4.57. The molecule has 0 rings (SSSR count). The molecule has 0 aliphatic heterocycles. The Bertz CT molecular complexity index is 1450. The molecule has 0 bridgehead atoms. The van der Waals surface area contributed by atoms with Crippen LogP contribution in [0.2, 0.25) is 0 Å². The fraction of sp³-hybridized carbons (Fsp3) is 0.576. The summed E-state index contributed by atoms with van der Waals surface area (Å²) in [5.74, 6) is -1.03. The smallest absolute Gasteiger partial charge is 0.306 e. The fourth-order valence-corrected chi connectivity index (χ4v) is 6.39. The highest BCUT2D eigenvalue weighted by atomic mass is 16.6. The highest BCUT2D eigenvalue weighted by molar-refractivity contribution is 5.71. The van der Waals surface area contributed by atoms with E-state index in [1.807, 2.05) is 0 Å². The van der Waals surface area contributed by atoms with Crippen LogP contribution in [0.25, 0.3) is 0 Å². The molecule has 364 valence electrons. The Hall–Kier alpha value is -4.45. The molecular weight excluding hydrogens is 805 g/mol. The maximum Gasteiger partial charge on any atom is 0.306 e. The summed E-state index contributed by atoms with van der Waals surface area (Å²) in [5, 5.41) is 0. The molecule has 0 aliphatic rings. The van der Waals surface area contributed by atoms with Crippen LogP contribution in [0, 0.1) is 0 Å². The van der Waals surface area contributed by atoms with Crippen molar-refractivity contribution in [3.63, 3.8) is 0 Å². The minimum atomic E-state index is -0.826. The molecule has 6 heteroatoms. The van der Waals surface area contributed by atoms with E-state index in [1.165, 1.54) is 25.7 Å². The van der Waals surface area contributed by atoms with Gasteiger partial charge in [-0.15, -0.1) is 0 Å². The molecule has 1 atom stereocenters. The van der Waals surface area contributed by atoms with Crippen molar-refractivity contribution in [1.29, 1.82) is 0 Å². The van der Waals surface area contributed by atoms with Crippen LogP contribution in [0.3, 0.4) is 0 Å². The second-order valence-corrected chi connectivity index (χ2v) is 16.3. The van der Waals surface area contributed by atoms with E-state index in [0.717, 1.165) is 122 Å². The SMILES string of the molecule is CC/C=C\C/C=C\C/C=C\C/C=C\C/C=C\CCCC(=O)OCC(COC(=O)CCCCCCCCC/C=C\C/C=C\CC)OC(=O)CCCCC/C=C\C/C=C\C/C=C\C/C=C\CC. The maximum atomic E-state index is 12.8. The molecule has 0 heterocycles. The first kappa shape index (κ1) is 60.5. The number of hydrogen-bond donors (Lipinski definition) is 0. The predicted molar refractivity (Wildman–Crippen MR) is 279 cm³/mol. The van der Waals surface area contributed by atoms with Gasteiger partial charge in [0.1, 0.15) is 13.2 Å². The topological polar surface area (TPSA) is 78.9 Å². The van der Waals surface area contributed by atoms with Crippen molar-refractivity contribution in [3.05, 3.63) is 134 Å². The van der Waals surface area contributed by atoms with E-state index < -0.39 is 6.10 Å². The molecule has 0 N–H and O–H groups in total. The zero-order valence-electron chi connectivity index (χ0n) is 41.4. The quantitative estimate of drug-likeness (QED) is 0.0262. The van der Waals surface area contributed by atoms with Crippen LogP contribution in [0.4, 0.5) is 0 Å². The summed E-state index contributed by atoms with van der Waals surface area (Å²) in [7, 11) is 0. The molecule has 65 heavy (non-hydrogen) atoms. The standard InChI is InChI=1S/C59H92O6/c1-4-7-10-13-16-19-22-25-28-30-32-34-37-40-43-46-49-52-58(61)64-55-56(54-63-57(60)51-48-45-42-39-36-33-27-24-21-18-15-12-9-6-3)65-59(62)53-50-47-44-41-38-35-31-29-26-23-20-17-14-11-8-5-2/h7-12,16-21,25-26,28-29,32,34-35,38,40,43,56H,4-6,13-15,22-24,27,30-31,33,36-37,39,41-42,44-55H2,1-3H3/b10-7-,11-8-,12-9-,19-16-,20-17-,21-18-,28-25-,29-26-,34-32-,38-35-,43-40-. The van der Waals surface area contributed by atoms with Crippen molar-refractivity contribution < 1.29 is 28.6 Å². The average molecular weight is 897 g/mol. The Labute approximate surface area is 398 Å². The van der Waals surface area contributed by atoms with Gasteiger partial charge in [0.05, 0.1) is 0 Å². The van der Waals surface area contributed by atoms with Crippen LogP contribution in [-0.4, -0.2) is 37.2 Å². The lowest BCUT2D eigenvalue weighted by atomic mass is 10.1. The van der Waals surface area contributed by atoms with E-state index in [9.17, 15) is 14.4 Å². The molecule has 0 aliphatic carbocycles. The van der Waals surface area contributed by atoms with Gasteiger partial charge in [-0.2, -0.15) is 0 Å². The lowest BCUT2D eigenvalue weighted by Crippen LogP contribution is -2.30. The van der Waals surface area contributed by atoms with Gasteiger partial charge >= 0.3 is 17.9 Å². The number of rotatable bonds is 44. The van der Waals surface area contributed by atoms with Crippen molar-refractivity contribution in [2.45, 2.75) is 207 Å². The summed E-state index contributed by atoms with van der Waals surface area (Å²) in [4.78, 5) is 38.0. The highest BCUT2D eigenvalue weighted by Crippen LogP contribution is 2.12. The van der Waals surface area contributed by atoms with Gasteiger partial charge in [0.15, 0.2) is 6.10 Å². The summed E-state index contributed by atoms with van der Waals surface area (Å²) in [6.45, 7) is 6.20. The Morgan fingerprint density at radius 1 is 0.308 bits per heavy atom. The summed E-state index contributed by atoms with van der Waals surface area (Å²) < 4.78 is 16.7. The summed E-state index contributed by atoms with van der Waals surface area (Å²) in [5.41, 5.74) is 0. The first-order chi connectivity index (χ1) is 32.0. The molecule has 0 spiro atoms. The fourth-order valence-electron chi connectivity index (χ4n) is 6.39. The molecule has 1 unspecified atom stereocenters. The van der Waals surface area contributed by atoms with E-state index in [0.29, 0.717) is 19.3 Å². The van der Waals surface area contributed by atoms with Crippen LogP contribution < -0.4 is 0 Å². The largest absolute Gasteiger partial charge is 0.462 e. The predicted octanol–water partition coefficient (Wildman–Crippen LogP) is 17.1. The van der Waals surface area contributed by atoms with Gasteiger partial charge < -0.3 is 14.2 Å². The first-order valence-electron chi connectivity index (χ1n) is 25.7. The van der Waals surface area contributed by atoms with Gasteiger partial charge in [0.2, 0.25) is 0 Å². The lowest BCUT2D eigenvalue weighted by Gasteiger charge is -2.18. The number of allylic oxidation sites excluding steroid dienone is 22. The van der Waals surface area contributed by atoms with Crippen molar-refractivity contribution in [2.75, 3.05) is 13.2 Å². The first-order valence-corrected chi connectivity index (χ1v) is 25.7. The van der Waals surface area contributed by atoms with Gasteiger partial charge in [-0.05, 0) is 122 Å². The highest BCUT2D eigenvalue weighted by Gasteiger charge is 2.19. The Morgan fingerprint density at radius 3 is 0.938 bits per heavy atom. The zero-order chi connectivity index (χ0) is 47.2. The van der Waals surface area contributed by atoms with Gasteiger partial charge in [-0.25, -0.2) is 0 Å². The monoisotopic (exact) mass is 897 g/mol. The number of hydrogen-bond acceptors (Lipinski definition) is 6. The third kappa shape index (κ3) is 50.4. The Morgan fingerprint density at radius 2 is 0.569 bits per heavy atom. The van der Waals surface area contributed by atoms with E-state index in [4.69, 9.17) is 14.2 Å². The van der Waals surface area contributed by atoms with Gasteiger partial charge in [0.25, 0.3) is 0 Å². The number of unbranched alkanes of at least 4 members (excludes halogenated alkanes) is 11. The molecule has 0 radical (unpaired) electrons. The molecule has 0 aromatic carbocycles. The van der Waals surface area contributed by atoms with Crippen molar-refractivity contribution in [2.24, 2.45) is 0 Å². The summed E-state index contributed by atoms with van der Waals surface area (Å²) in [6.07, 6.45) is 73.0. The third-order valence-electron chi connectivity index (χ3n) is 10.1. The van der Waals surface area contributed by atoms with E-state index in [1.54, 1.807) is 0 Å². The second kappa shape index (κ2) is 52.2. The number of carbonyl (C=O) groups excluding carboxylic acids is 3. The number of carbonyl (C=O) groups is 3. The van der Waals surface area contributed by atoms with Crippen LogP contribution in [-0.2, 0) is 28.6 Å². The molecule has 0 fully saturated rings. The number of esters is 3. The lowest BCUT2D eigenvalue weighted by molar-refractivity contribution is -0.167. The molecule has 0 amide bonds. The van der Waals surface area contributed by atoms with Crippen LogP contribution in [0.1, 0.15) is 201 Å². The van der Waals surface area contributed by atoms with Gasteiger partial charge in [-0.3, -0.25) is 14.4 Å².